The van der Waals surface area contributed by atoms with Crippen molar-refractivity contribution in [2.45, 2.75) is 33.2 Å². The Morgan fingerprint density at radius 3 is 2.61 bits per heavy atom. The average molecular weight is 321 g/mol. The minimum atomic E-state index is 0.0577. The van der Waals surface area contributed by atoms with Crippen LogP contribution in [-0.4, -0.2) is 46.3 Å². The molecule has 0 bridgehead atoms. The van der Waals surface area contributed by atoms with E-state index in [1.165, 1.54) is 0 Å². The molecule has 1 heterocycles. The molecule has 0 amide bonds. The predicted molar refractivity (Wildman–Crippen MR) is 91.3 cm³/mol. The van der Waals surface area contributed by atoms with E-state index >= 15 is 0 Å². The van der Waals surface area contributed by atoms with Crippen molar-refractivity contribution in [3.8, 4) is 17.2 Å². The maximum atomic E-state index is 5.97. The molecule has 0 aliphatic carbocycles. The average Bonchev–Trinajstić information content (AvgIpc) is 2.72. The number of hydrogen-bond acceptors (Lipinski definition) is 5. The normalized spacial score (nSPS) is 17.2. The van der Waals surface area contributed by atoms with Crippen molar-refractivity contribution in [3.63, 3.8) is 0 Å². The Bertz CT molecular complexity index is 549. The fraction of sp³-hybridized carbons (Fsp3) is 0.611. The highest BCUT2D eigenvalue weighted by molar-refractivity contribution is 5.85. The molecule has 5 nitrogen and oxygen atoms in total. The first-order valence-electron chi connectivity index (χ1n) is 7.95. The maximum Gasteiger partial charge on any atom is 0.164 e. The van der Waals surface area contributed by atoms with Gasteiger partial charge in [-0.15, -0.1) is 0 Å². The lowest BCUT2D eigenvalue weighted by atomic mass is 9.88. The molecule has 0 saturated carbocycles. The zero-order valence-electron chi connectivity index (χ0n) is 14.7. The Morgan fingerprint density at radius 2 is 1.96 bits per heavy atom. The molecule has 1 aromatic carbocycles. The first-order valence-corrected chi connectivity index (χ1v) is 7.95. The number of benzene rings is 1. The molecule has 1 aliphatic rings. The van der Waals surface area contributed by atoms with Gasteiger partial charge >= 0.3 is 0 Å². The molecule has 0 fully saturated rings. The van der Waals surface area contributed by atoms with Gasteiger partial charge in [-0.25, -0.2) is 0 Å². The molecule has 0 N–H and O–H groups in total. The molecular weight excluding hydrogens is 294 g/mol. The summed E-state index contributed by atoms with van der Waals surface area (Å²) in [4.78, 5) is 4.66. The second-order valence-corrected chi connectivity index (χ2v) is 6.71. The Morgan fingerprint density at radius 1 is 1.17 bits per heavy atom. The van der Waals surface area contributed by atoms with E-state index in [1.54, 1.807) is 14.2 Å². The van der Waals surface area contributed by atoms with Crippen LogP contribution in [-0.2, 0) is 4.74 Å². The fourth-order valence-electron chi connectivity index (χ4n) is 2.30. The van der Waals surface area contributed by atoms with Crippen LogP contribution in [0.2, 0.25) is 0 Å². The van der Waals surface area contributed by atoms with Crippen molar-refractivity contribution >= 4 is 6.21 Å². The third-order valence-electron chi connectivity index (χ3n) is 3.84. The third-order valence-corrected chi connectivity index (χ3v) is 3.84. The summed E-state index contributed by atoms with van der Waals surface area (Å²) >= 11 is 0. The van der Waals surface area contributed by atoms with Crippen LogP contribution in [0.25, 0.3) is 0 Å². The summed E-state index contributed by atoms with van der Waals surface area (Å²) in [5, 5.41) is 0. The monoisotopic (exact) mass is 321 g/mol. The van der Waals surface area contributed by atoms with E-state index in [-0.39, 0.29) is 11.5 Å². The summed E-state index contributed by atoms with van der Waals surface area (Å²) in [7, 11) is 3.32. The van der Waals surface area contributed by atoms with Crippen LogP contribution in [0.3, 0.4) is 0 Å². The van der Waals surface area contributed by atoms with E-state index in [2.05, 4.69) is 25.8 Å². The predicted octanol–water partition coefficient (Wildman–Crippen LogP) is 3.34. The van der Waals surface area contributed by atoms with Gasteiger partial charge in [-0.05, 0) is 11.5 Å². The quantitative estimate of drug-likeness (QED) is 0.754. The largest absolute Gasteiger partial charge is 0.493 e. The van der Waals surface area contributed by atoms with Crippen LogP contribution in [0.15, 0.2) is 17.1 Å². The summed E-state index contributed by atoms with van der Waals surface area (Å²) in [5.41, 5.74) is 0.972. The lowest BCUT2D eigenvalue weighted by molar-refractivity contribution is 0.170. The van der Waals surface area contributed by atoms with E-state index < -0.39 is 0 Å². The van der Waals surface area contributed by atoms with Gasteiger partial charge in [0.1, 0.15) is 12.4 Å². The Kier molecular flexibility index (Phi) is 5.88. The van der Waals surface area contributed by atoms with Crippen LogP contribution in [0.5, 0.6) is 17.2 Å². The van der Waals surface area contributed by atoms with Crippen molar-refractivity contribution in [2.75, 3.05) is 34.0 Å². The minimum Gasteiger partial charge on any atom is -0.493 e. The number of ether oxygens (including phenoxy) is 4. The molecule has 0 saturated heterocycles. The number of methoxy groups -OCH3 is 2. The van der Waals surface area contributed by atoms with Gasteiger partial charge in [-0.1, -0.05) is 20.8 Å². The summed E-state index contributed by atoms with van der Waals surface area (Å²) in [6.07, 6.45) is 2.70. The molecule has 1 aliphatic heterocycles. The van der Waals surface area contributed by atoms with Crippen LogP contribution < -0.4 is 14.2 Å². The van der Waals surface area contributed by atoms with Crippen LogP contribution in [0.1, 0.15) is 32.8 Å². The van der Waals surface area contributed by atoms with Crippen molar-refractivity contribution < 1.29 is 18.9 Å². The number of nitrogens with zero attached hydrogens (tertiary/aromatic N) is 1. The summed E-state index contributed by atoms with van der Waals surface area (Å²) in [6, 6.07) is 3.92. The van der Waals surface area contributed by atoms with Crippen molar-refractivity contribution in [1.29, 1.82) is 0 Å². The van der Waals surface area contributed by atoms with Crippen LogP contribution in [0.4, 0.5) is 0 Å². The maximum absolute atomic E-state index is 5.97. The summed E-state index contributed by atoms with van der Waals surface area (Å²) in [5.74, 6) is 2.15. The van der Waals surface area contributed by atoms with E-state index in [9.17, 15) is 0 Å². The molecule has 0 unspecified atom stereocenters. The second-order valence-electron chi connectivity index (χ2n) is 6.71. The lowest BCUT2D eigenvalue weighted by Crippen LogP contribution is -2.29. The zero-order chi connectivity index (χ0) is 16.9. The first-order chi connectivity index (χ1) is 11.0. The van der Waals surface area contributed by atoms with Crippen molar-refractivity contribution in [1.82, 2.24) is 0 Å². The zero-order valence-corrected chi connectivity index (χ0v) is 14.7. The number of rotatable bonds is 6. The van der Waals surface area contributed by atoms with Crippen LogP contribution in [0, 0.1) is 5.41 Å². The topological polar surface area (TPSA) is 49.3 Å². The molecule has 0 radical (unpaired) electrons. The van der Waals surface area contributed by atoms with Gasteiger partial charge in [0, 0.05) is 38.0 Å². The standard InChI is InChI=1S/C18H27NO4/c1-18(2,3)17-12-23-14-10-16(22-8-6-7-20-4)15(21-5)9-13(14)11-19-17/h9-11,17H,6-8,12H2,1-5H3/t17-/m0/s1. The molecule has 2 rings (SSSR count). The van der Waals surface area contributed by atoms with E-state index in [0.717, 1.165) is 17.7 Å². The van der Waals surface area contributed by atoms with Gasteiger partial charge in [0.15, 0.2) is 11.5 Å². The molecule has 0 spiro atoms. The van der Waals surface area contributed by atoms with E-state index in [4.69, 9.17) is 18.9 Å². The highest BCUT2D eigenvalue weighted by atomic mass is 16.5. The fourth-order valence-corrected chi connectivity index (χ4v) is 2.30. The van der Waals surface area contributed by atoms with Crippen LogP contribution >= 0.6 is 0 Å². The molecule has 0 aromatic heterocycles. The summed E-state index contributed by atoms with van der Waals surface area (Å²) < 4.78 is 22.2. The first kappa shape index (κ1) is 17.6. The summed E-state index contributed by atoms with van der Waals surface area (Å²) in [6.45, 7) is 8.30. The van der Waals surface area contributed by atoms with Gasteiger partial charge in [-0.3, -0.25) is 4.99 Å². The van der Waals surface area contributed by atoms with Crippen molar-refractivity contribution in [2.24, 2.45) is 10.4 Å². The third kappa shape index (κ3) is 4.61. The Balaban J connectivity index is 2.17. The molecule has 1 atom stereocenters. The molecular formula is C18H27NO4. The highest BCUT2D eigenvalue weighted by Crippen LogP contribution is 2.36. The number of hydrogen-bond donors (Lipinski definition) is 0. The molecule has 5 heteroatoms. The van der Waals surface area contributed by atoms with Gasteiger partial charge in [0.25, 0.3) is 0 Å². The molecule has 1 aromatic rings. The highest BCUT2D eigenvalue weighted by Gasteiger charge is 2.26. The van der Waals surface area contributed by atoms with Gasteiger partial charge < -0.3 is 18.9 Å². The van der Waals surface area contributed by atoms with Gasteiger partial charge in [0.2, 0.25) is 0 Å². The SMILES string of the molecule is COCCCOc1cc2c(cc1OC)C=N[C@H](C(C)(C)C)CO2. The second kappa shape index (κ2) is 7.68. The molecule has 128 valence electrons. The van der Waals surface area contributed by atoms with Crippen molar-refractivity contribution in [3.05, 3.63) is 17.7 Å². The molecule has 23 heavy (non-hydrogen) atoms. The minimum absolute atomic E-state index is 0.0577. The Hall–Kier alpha value is -1.75. The smallest absolute Gasteiger partial charge is 0.164 e. The van der Waals surface area contributed by atoms with E-state index in [1.807, 2.05) is 18.3 Å². The number of fused-ring (bicyclic) bond motifs is 1. The van der Waals surface area contributed by atoms with Gasteiger partial charge in [0.05, 0.1) is 19.8 Å². The van der Waals surface area contributed by atoms with E-state index in [0.29, 0.717) is 31.3 Å². The lowest BCUT2D eigenvalue weighted by Gasteiger charge is -2.25. The number of aliphatic imine (C=N–C) groups is 1. The van der Waals surface area contributed by atoms with Gasteiger partial charge in [-0.2, -0.15) is 0 Å². The Labute approximate surface area is 138 Å².